The van der Waals surface area contributed by atoms with Gasteiger partial charge >= 0.3 is 5.97 Å². The van der Waals surface area contributed by atoms with Crippen LogP contribution >= 0.6 is 0 Å². The van der Waals surface area contributed by atoms with Crippen molar-refractivity contribution in [1.82, 2.24) is 5.32 Å². The summed E-state index contributed by atoms with van der Waals surface area (Å²) in [5, 5.41) is 11.3. The molecule has 0 spiro atoms. The van der Waals surface area contributed by atoms with Crippen LogP contribution in [0.15, 0.2) is 0 Å². The zero-order valence-corrected chi connectivity index (χ0v) is 10.2. The number of nitrogens with one attached hydrogen (secondary N) is 1. The van der Waals surface area contributed by atoms with Gasteiger partial charge in [0.15, 0.2) is 0 Å². The maximum atomic E-state index is 11.6. The number of carboxylic acids is 1. The van der Waals surface area contributed by atoms with E-state index in [0.29, 0.717) is 25.2 Å². The van der Waals surface area contributed by atoms with E-state index in [9.17, 15) is 9.59 Å². The van der Waals surface area contributed by atoms with Gasteiger partial charge in [0.2, 0.25) is 5.91 Å². The van der Waals surface area contributed by atoms with E-state index in [-0.39, 0.29) is 5.91 Å². The molecule has 1 amide bonds. The average molecular weight is 230 g/mol. The van der Waals surface area contributed by atoms with Crippen LogP contribution in [0.4, 0.5) is 0 Å². The van der Waals surface area contributed by atoms with Gasteiger partial charge in [-0.25, -0.2) is 4.79 Å². The first-order valence-corrected chi connectivity index (χ1v) is 5.67. The number of carboxylic acid groups (broad SMARTS) is 1. The minimum atomic E-state index is -1.01. The molecular weight excluding hydrogens is 208 g/mol. The average Bonchev–Trinajstić information content (AvgIpc) is 2.15. The molecule has 16 heavy (non-hydrogen) atoms. The summed E-state index contributed by atoms with van der Waals surface area (Å²) in [5.74, 6) is -1.07. The highest BCUT2D eigenvalue weighted by Gasteiger charge is 2.22. The molecule has 0 aromatic carbocycles. The van der Waals surface area contributed by atoms with Crippen LogP contribution in [0, 0.1) is 5.92 Å². The fourth-order valence-electron chi connectivity index (χ4n) is 1.44. The van der Waals surface area contributed by atoms with Crippen LogP contribution in [-0.2, 0) is 9.59 Å². The summed E-state index contributed by atoms with van der Waals surface area (Å²) >= 11 is 0. The van der Waals surface area contributed by atoms with Gasteiger partial charge in [-0.1, -0.05) is 27.2 Å². The normalized spacial score (nSPS) is 14.6. The van der Waals surface area contributed by atoms with Gasteiger partial charge in [0, 0.05) is 0 Å². The van der Waals surface area contributed by atoms with E-state index < -0.39 is 18.1 Å². The number of aliphatic carboxylic acids is 1. The molecule has 5 heteroatoms. The monoisotopic (exact) mass is 230 g/mol. The van der Waals surface area contributed by atoms with Gasteiger partial charge in [0.1, 0.15) is 6.04 Å². The Bertz CT molecular complexity index is 241. The number of rotatable bonds is 7. The van der Waals surface area contributed by atoms with E-state index in [1.165, 1.54) is 0 Å². The van der Waals surface area contributed by atoms with Crippen molar-refractivity contribution in [1.29, 1.82) is 0 Å². The third kappa shape index (κ3) is 5.70. The molecule has 0 heterocycles. The summed E-state index contributed by atoms with van der Waals surface area (Å²) < 4.78 is 0. The SMILES string of the molecule is CCC[C@@H](NC(=O)[C@@H](N)CC(C)C)C(=O)O. The Kier molecular flexibility index (Phi) is 6.72. The van der Waals surface area contributed by atoms with Crippen LogP contribution < -0.4 is 11.1 Å². The van der Waals surface area contributed by atoms with Crippen molar-refractivity contribution in [2.24, 2.45) is 11.7 Å². The maximum absolute atomic E-state index is 11.6. The number of carbonyl (C=O) groups excluding carboxylic acids is 1. The van der Waals surface area contributed by atoms with Gasteiger partial charge < -0.3 is 16.2 Å². The van der Waals surface area contributed by atoms with Gasteiger partial charge in [-0.2, -0.15) is 0 Å². The molecule has 0 aromatic rings. The molecule has 0 radical (unpaired) electrons. The summed E-state index contributed by atoms with van der Waals surface area (Å²) in [4.78, 5) is 22.4. The molecule has 94 valence electrons. The molecule has 0 aromatic heterocycles. The molecule has 0 aliphatic rings. The van der Waals surface area contributed by atoms with E-state index in [1.54, 1.807) is 0 Å². The van der Waals surface area contributed by atoms with E-state index in [4.69, 9.17) is 10.8 Å². The number of amides is 1. The van der Waals surface area contributed by atoms with E-state index in [1.807, 2.05) is 20.8 Å². The minimum Gasteiger partial charge on any atom is -0.480 e. The van der Waals surface area contributed by atoms with Gasteiger partial charge in [-0.05, 0) is 18.8 Å². The molecule has 4 N–H and O–H groups in total. The van der Waals surface area contributed by atoms with Crippen LogP contribution in [-0.4, -0.2) is 29.1 Å². The summed E-state index contributed by atoms with van der Waals surface area (Å²) in [5.41, 5.74) is 5.66. The largest absolute Gasteiger partial charge is 0.480 e. The first kappa shape index (κ1) is 14.9. The van der Waals surface area contributed by atoms with Gasteiger partial charge in [0.05, 0.1) is 6.04 Å². The molecule has 0 rings (SSSR count). The standard InChI is InChI=1S/C11H22N2O3/c1-4-5-9(11(15)16)13-10(14)8(12)6-7(2)3/h7-9H,4-6,12H2,1-3H3,(H,13,14)(H,15,16)/t8-,9+/m0/s1. The van der Waals surface area contributed by atoms with Crippen molar-refractivity contribution in [2.75, 3.05) is 0 Å². The number of hydrogen-bond acceptors (Lipinski definition) is 3. The smallest absolute Gasteiger partial charge is 0.326 e. The molecule has 0 saturated carbocycles. The van der Waals surface area contributed by atoms with Crippen molar-refractivity contribution >= 4 is 11.9 Å². The third-order valence-electron chi connectivity index (χ3n) is 2.25. The lowest BCUT2D eigenvalue weighted by atomic mass is 10.0. The molecule has 0 unspecified atom stereocenters. The molecular formula is C11H22N2O3. The van der Waals surface area contributed by atoms with Crippen molar-refractivity contribution in [3.63, 3.8) is 0 Å². The highest BCUT2D eigenvalue weighted by atomic mass is 16.4. The third-order valence-corrected chi connectivity index (χ3v) is 2.25. The maximum Gasteiger partial charge on any atom is 0.326 e. The number of hydrogen-bond donors (Lipinski definition) is 3. The fourth-order valence-corrected chi connectivity index (χ4v) is 1.44. The predicted molar refractivity (Wildman–Crippen MR) is 61.9 cm³/mol. The molecule has 2 atom stereocenters. The van der Waals surface area contributed by atoms with E-state index >= 15 is 0 Å². The Hall–Kier alpha value is -1.10. The second-order valence-electron chi connectivity index (χ2n) is 4.42. The Morgan fingerprint density at radius 2 is 1.94 bits per heavy atom. The molecule has 0 bridgehead atoms. The van der Waals surface area contributed by atoms with Crippen LogP contribution in [0.2, 0.25) is 0 Å². The summed E-state index contributed by atoms with van der Waals surface area (Å²) in [6.45, 7) is 5.80. The molecule has 0 aliphatic carbocycles. The highest BCUT2D eigenvalue weighted by Crippen LogP contribution is 2.04. The molecule has 0 aliphatic heterocycles. The van der Waals surface area contributed by atoms with Crippen LogP contribution in [0.5, 0.6) is 0 Å². The Morgan fingerprint density at radius 3 is 2.31 bits per heavy atom. The van der Waals surface area contributed by atoms with Crippen molar-refractivity contribution < 1.29 is 14.7 Å². The van der Waals surface area contributed by atoms with Crippen molar-refractivity contribution in [2.45, 2.75) is 52.1 Å². The minimum absolute atomic E-state index is 0.315. The van der Waals surface area contributed by atoms with Gasteiger partial charge in [0.25, 0.3) is 0 Å². The highest BCUT2D eigenvalue weighted by molar-refractivity contribution is 5.86. The Balaban J connectivity index is 4.23. The van der Waals surface area contributed by atoms with Crippen molar-refractivity contribution in [3.05, 3.63) is 0 Å². The topological polar surface area (TPSA) is 92.4 Å². The predicted octanol–water partition coefficient (Wildman–Crippen LogP) is 0.729. The lowest BCUT2D eigenvalue weighted by Gasteiger charge is -2.18. The molecule has 0 fully saturated rings. The van der Waals surface area contributed by atoms with Gasteiger partial charge in [-0.15, -0.1) is 0 Å². The lowest BCUT2D eigenvalue weighted by Crippen LogP contribution is -2.48. The summed E-state index contributed by atoms with van der Waals surface area (Å²) in [7, 11) is 0. The van der Waals surface area contributed by atoms with Crippen molar-refractivity contribution in [3.8, 4) is 0 Å². The first-order valence-electron chi connectivity index (χ1n) is 5.67. The Morgan fingerprint density at radius 1 is 1.38 bits per heavy atom. The molecule has 5 nitrogen and oxygen atoms in total. The molecule has 0 saturated heterocycles. The van der Waals surface area contributed by atoms with Crippen LogP contribution in [0.3, 0.4) is 0 Å². The zero-order chi connectivity index (χ0) is 12.7. The quantitative estimate of drug-likeness (QED) is 0.601. The second-order valence-corrected chi connectivity index (χ2v) is 4.42. The van der Waals surface area contributed by atoms with Gasteiger partial charge in [-0.3, -0.25) is 4.79 Å². The number of nitrogens with two attached hydrogens (primary N) is 1. The Labute approximate surface area is 96.4 Å². The second kappa shape index (κ2) is 7.22. The first-order chi connectivity index (χ1) is 7.38. The summed E-state index contributed by atoms with van der Waals surface area (Å²) in [6, 6.07) is -1.45. The van der Waals surface area contributed by atoms with E-state index in [2.05, 4.69) is 5.32 Å². The lowest BCUT2D eigenvalue weighted by molar-refractivity contribution is -0.142. The summed E-state index contributed by atoms with van der Waals surface area (Å²) in [6.07, 6.45) is 1.69. The zero-order valence-electron chi connectivity index (χ0n) is 10.2. The number of carbonyl (C=O) groups is 2. The van der Waals surface area contributed by atoms with E-state index in [0.717, 1.165) is 0 Å². The fraction of sp³-hybridized carbons (Fsp3) is 0.818. The van der Waals surface area contributed by atoms with Crippen LogP contribution in [0.25, 0.3) is 0 Å². The van der Waals surface area contributed by atoms with Crippen LogP contribution in [0.1, 0.15) is 40.0 Å².